The van der Waals surface area contributed by atoms with Crippen LogP contribution in [0.4, 0.5) is 0 Å². The average Bonchev–Trinajstić information content (AvgIpc) is 2.86. The zero-order valence-corrected chi connectivity index (χ0v) is 13.2. The second-order valence-electron chi connectivity index (χ2n) is 6.92. The highest BCUT2D eigenvalue weighted by atomic mass is 16.5. The molecule has 1 unspecified atom stereocenters. The summed E-state index contributed by atoms with van der Waals surface area (Å²) in [6.45, 7) is 8.92. The molecule has 2 aromatic rings. The average molecular weight is 287 g/mol. The molecular formula is C17H25N3O. The molecule has 1 aliphatic heterocycles. The van der Waals surface area contributed by atoms with Gasteiger partial charge >= 0.3 is 0 Å². The minimum atomic E-state index is 0.00572. The van der Waals surface area contributed by atoms with Gasteiger partial charge in [0.25, 0.3) is 0 Å². The van der Waals surface area contributed by atoms with Crippen molar-refractivity contribution in [2.45, 2.75) is 51.6 Å². The van der Waals surface area contributed by atoms with Gasteiger partial charge in [-0.1, -0.05) is 6.07 Å². The van der Waals surface area contributed by atoms with Gasteiger partial charge in [-0.2, -0.15) is 0 Å². The van der Waals surface area contributed by atoms with Gasteiger partial charge in [-0.3, -0.25) is 0 Å². The smallest absolute Gasteiger partial charge is 0.115 e. The molecule has 4 nitrogen and oxygen atoms in total. The number of benzene rings is 1. The second-order valence-corrected chi connectivity index (χ2v) is 6.92. The van der Waals surface area contributed by atoms with Crippen LogP contribution in [-0.4, -0.2) is 22.8 Å². The van der Waals surface area contributed by atoms with Crippen molar-refractivity contribution in [1.29, 1.82) is 0 Å². The molecule has 0 bridgehead atoms. The van der Waals surface area contributed by atoms with Gasteiger partial charge in [0.1, 0.15) is 5.82 Å². The van der Waals surface area contributed by atoms with Crippen molar-refractivity contribution in [1.82, 2.24) is 9.55 Å². The lowest BCUT2D eigenvalue weighted by Gasteiger charge is -2.29. The molecule has 1 aromatic heterocycles. The molecule has 1 saturated heterocycles. The molecule has 2 heterocycles. The van der Waals surface area contributed by atoms with E-state index < -0.39 is 0 Å². The fourth-order valence-electron chi connectivity index (χ4n) is 3.19. The van der Waals surface area contributed by atoms with Gasteiger partial charge in [0.2, 0.25) is 0 Å². The van der Waals surface area contributed by atoms with Gasteiger partial charge in [0.15, 0.2) is 0 Å². The van der Waals surface area contributed by atoms with Crippen LogP contribution in [0.2, 0.25) is 0 Å². The van der Waals surface area contributed by atoms with Crippen LogP contribution < -0.4 is 5.73 Å². The molecule has 1 atom stereocenters. The molecule has 1 aliphatic rings. The molecule has 0 aliphatic carbocycles. The standard InChI is InChI=1S/C17H25N3O/c1-17(2,3)20-15-7-6-12(10-18)9-14(15)19-16(20)13-5-4-8-21-11-13/h6-7,9,13H,4-5,8,10-11,18H2,1-3H3. The van der Waals surface area contributed by atoms with E-state index in [0.29, 0.717) is 12.5 Å². The molecule has 0 radical (unpaired) electrons. The highest BCUT2D eigenvalue weighted by Crippen LogP contribution is 2.33. The van der Waals surface area contributed by atoms with E-state index in [4.69, 9.17) is 15.5 Å². The first-order valence-electron chi connectivity index (χ1n) is 7.80. The van der Waals surface area contributed by atoms with Crippen LogP contribution in [0.25, 0.3) is 11.0 Å². The van der Waals surface area contributed by atoms with E-state index in [0.717, 1.165) is 43.0 Å². The first kappa shape index (κ1) is 14.5. The summed E-state index contributed by atoms with van der Waals surface area (Å²) in [4.78, 5) is 4.94. The number of nitrogens with zero attached hydrogens (tertiary/aromatic N) is 2. The van der Waals surface area contributed by atoms with Crippen LogP contribution in [0, 0.1) is 0 Å². The van der Waals surface area contributed by atoms with E-state index in [-0.39, 0.29) is 5.54 Å². The van der Waals surface area contributed by atoms with Gasteiger partial charge in [0, 0.05) is 24.6 Å². The Morgan fingerprint density at radius 1 is 1.38 bits per heavy atom. The third kappa shape index (κ3) is 2.70. The molecule has 21 heavy (non-hydrogen) atoms. The Bertz CT molecular complexity index is 633. The summed E-state index contributed by atoms with van der Waals surface area (Å²) in [5.41, 5.74) is 9.14. The number of nitrogens with two attached hydrogens (primary N) is 1. The fraction of sp³-hybridized carbons (Fsp3) is 0.588. The van der Waals surface area contributed by atoms with Crippen LogP contribution in [0.5, 0.6) is 0 Å². The van der Waals surface area contributed by atoms with Crippen molar-refractivity contribution >= 4 is 11.0 Å². The lowest BCUT2D eigenvalue weighted by atomic mass is 9.99. The Morgan fingerprint density at radius 2 is 2.19 bits per heavy atom. The molecule has 1 aromatic carbocycles. The highest BCUT2D eigenvalue weighted by molar-refractivity contribution is 5.77. The number of hydrogen-bond donors (Lipinski definition) is 1. The first-order chi connectivity index (χ1) is 10.0. The summed E-state index contributed by atoms with van der Waals surface area (Å²) in [5.74, 6) is 1.55. The number of fused-ring (bicyclic) bond motifs is 1. The van der Waals surface area contributed by atoms with Crippen LogP contribution >= 0.6 is 0 Å². The summed E-state index contributed by atoms with van der Waals surface area (Å²) in [6.07, 6.45) is 2.27. The van der Waals surface area contributed by atoms with Crippen molar-refractivity contribution in [3.05, 3.63) is 29.6 Å². The Labute approximate surface area is 126 Å². The Morgan fingerprint density at radius 3 is 2.81 bits per heavy atom. The van der Waals surface area contributed by atoms with Crippen LogP contribution in [0.15, 0.2) is 18.2 Å². The molecule has 0 spiro atoms. The monoisotopic (exact) mass is 287 g/mol. The van der Waals surface area contributed by atoms with E-state index in [2.05, 4.69) is 43.5 Å². The normalized spacial score (nSPS) is 20.1. The van der Waals surface area contributed by atoms with Crippen molar-refractivity contribution in [3.8, 4) is 0 Å². The van der Waals surface area contributed by atoms with Crippen LogP contribution in [-0.2, 0) is 16.8 Å². The summed E-state index contributed by atoms with van der Waals surface area (Å²) < 4.78 is 8.05. The van der Waals surface area contributed by atoms with Crippen molar-refractivity contribution in [3.63, 3.8) is 0 Å². The van der Waals surface area contributed by atoms with Gasteiger partial charge < -0.3 is 15.0 Å². The highest BCUT2D eigenvalue weighted by Gasteiger charge is 2.28. The van der Waals surface area contributed by atoms with Gasteiger partial charge in [-0.05, 0) is 51.3 Å². The first-order valence-corrected chi connectivity index (χ1v) is 7.80. The quantitative estimate of drug-likeness (QED) is 0.923. The summed E-state index contributed by atoms with van der Waals surface area (Å²) in [5, 5.41) is 0. The molecule has 4 heteroatoms. The Kier molecular flexibility index (Phi) is 3.76. The maximum Gasteiger partial charge on any atom is 0.115 e. The number of imidazole rings is 1. The van der Waals surface area contributed by atoms with Crippen molar-refractivity contribution in [2.24, 2.45) is 5.73 Å². The van der Waals surface area contributed by atoms with Crippen LogP contribution in [0.1, 0.15) is 50.9 Å². The fourth-order valence-corrected chi connectivity index (χ4v) is 3.19. The third-order valence-electron chi connectivity index (χ3n) is 4.18. The number of aromatic nitrogens is 2. The third-order valence-corrected chi connectivity index (χ3v) is 4.18. The van der Waals surface area contributed by atoms with Crippen molar-refractivity contribution < 1.29 is 4.74 Å². The van der Waals surface area contributed by atoms with Crippen LogP contribution in [0.3, 0.4) is 0 Å². The van der Waals surface area contributed by atoms with Gasteiger partial charge in [-0.15, -0.1) is 0 Å². The molecule has 114 valence electrons. The Balaban J connectivity index is 2.16. The largest absolute Gasteiger partial charge is 0.381 e. The second kappa shape index (κ2) is 5.43. The predicted octanol–water partition coefficient (Wildman–Crippen LogP) is 3.14. The lowest BCUT2D eigenvalue weighted by Crippen LogP contribution is -2.28. The number of ether oxygens (including phenoxy) is 1. The van der Waals surface area contributed by atoms with Crippen molar-refractivity contribution in [2.75, 3.05) is 13.2 Å². The summed E-state index contributed by atoms with van der Waals surface area (Å²) in [6, 6.07) is 6.38. The minimum absolute atomic E-state index is 0.00572. The number of hydrogen-bond acceptors (Lipinski definition) is 3. The maximum atomic E-state index is 5.76. The van der Waals surface area contributed by atoms with E-state index in [1.54, 1.807) is 0 Å². The molecule has 0 saturated carbocycles. The minimum Gasteiger partial charge on any atom is -0.381 e. The SMILES string of the molecule is CC(C)(C)n1c(C2CCCOC2)nc2cc(CN)ccc21. The zero-order chi connectivity index (χ0) is 15.0. The Hall–Kier alpha value is -1.39. The predicted molar refractivity (Wildman–Crippen MR) is 85.4 cm³/mol. The van der Waals surface area contributed by atoms with E-state index in [1.165, 1.54) is 5.52 Å². The molecular weight excluding hydrogens is 262 g/mol. The lowest BCUT2D eigenvalue weighted by molar-refractivity contribution is 0.0760. The molecule has 0 amide bonds. The summed E-state index contributed by atoms with van der Waals surface area (Å²) in [7, 11) is 0. The zero-order valence-electron chi connectivity index (χ0n) is 13.2. The van der Waals surface area contributed by atoms with Gasteiger partial charge in [-0.25, -0.2) is 4.98 Å². The van der Waals surface area contributed by atoms with E-state index in [1.807, 2.05) is 0 Å². The van der Waals surface area contributed by atoms with E-state index >= 15 is 0 Å². The van der Waals surface area contributed by atoms with Gasteiger partial charge in [0.05, 0.1) is 17.6 Å². The molecule has 3 rings (SSSR count). The number of rotatable bonds is 2. The summed E-state index contributed by atoms with van der Waals surface area (Å²) >= 11 is 0. The molecule has 1 fully saturated rings. The maximum absolute atomic E-state index is 5.76. The molecule has 2 N–H and O–H groups in total. The topological polar surface area (TPSA) is 53.1 Å². The van der Waals surface area contributed by atoms with E-state index in [9.17, 15) is 0 Å².